The predicted octanol–water partition coefficient (Wildman–Crippen LogP) is 1.88. The molecule has 0 aromatic carbocycles. The van der Waals surface area contributed by atoms with E-state index in [0.717, 1.165) is 19.4 Å². The van der Waals surface area contributed by atoms with Crippen LogP contribution < -0.4 is 5.73 Å². The Morgan fingerprint density at radius 2 is 2.54 bits per heavy atom. The van der Waals surface area contributed by atoms with Crippen LogP contribution in [-0.2, 0) is 17.6 Å². The molecule has 0 aliphatic carbocycles. The zero-order chi connectivity index (χ0) is 9.26. The molecule has 1 aliphatic rings. The highest BCUT2D eigenvalue weighted by Gasteiger charge is 2.21. The first-order chi connectivity index (χ1) is 6.35. The first kappa shape index (κ1) is 9.19. The zero-order valence-electron chi connectivity index (χ0n) is 7.88. The minimum atomic E-state index is 0.153. The van der Waals surface area contributed by atoms with Gasteiger partial charge in [-0.05, 0) is 18.1 Å². The van der Waals surface area contributed by atoms with Crippen LogP contribution in [-0.4, -0.2) is 13.2 Å². The summed E-state index contributed by atoms with van der Waals surface area (Å²) in [5, 5.41) is 0. The van der Waals surface area contributed by atoms with Gasteiger partial charge in [0.15, 0.2) is 0 Å². The molecule has 1 aromatic rings. The van der Waals surface area contributed by atoms with Gasteiger partial charge in [-0.15, -0.1) is 11.3 Å². The number of hydrogen-bond donors (Lipinski definition) is 1. The number of aryl methyl sites for hydroxylation is 1. The van der Waals surface area contributed by atoms with Gasteiger partial charge in [0.1, 0.15) is 0 Å². The van der Waals surface area contributed by atoms with E-state index < -0.39 is 0 Å². The Hall–Kier alpha value is -0.380. The third-order valence-corrected chi connectivity index (χ3v) is 3.81. The fourth-order valence-electron chi connectivity index (χ4n) is 1.72. The van der Waals surface area contributed by atoms with Crippen molar-refractivity contribution in [1.29, 1.82) is 0 Å². The monoisotopic (exact) mass is 197 g/mol. The highest BCUT2D eigenvalue weighted by molar-refractivity contribution is 7.12. The lowest BCUT2D eigenvalue weighted by Gasteiger charge is -2.21. The smallest absolute Gasteiger partial charge is 0.0958 e. The maximum absolute atomic E-state index is 5.65. The largest absolute Gasteiger partial charge is 0.372 e. The van der Waals surface area contributed by atoms with E-state index in [-0.39, 0.29) is 6.10 Å². The minimum Gasteiger partial charge on any atom is -0.372 e. The van der Waals surface area contributed by atoms with Crippen molar-refractivity contribution in [2.24, 2.45) is 5.73 Å². The lowest BCUT2D eigenvalue weighted by atomic mass is 10.1. The molecule has 2 nitrogen and oxygen atoms in total. The molecule has 1 aromatic heterocycles. The van der Waals surface area contributed by atoms with Crippen LogP contribution in [0, 0.1) is 0 Å². The second-order valence-electron chi connectivity index (χ2n) is 3.29. The number of ether oxygens (including phenoxy) is 1. The quantitative estimate of drug-likeness (QED) is 0.785. The number of nitrogens with two attached hydrogens (primary N) is 1. The van der Waals surface area contributed by atoms with Crippen LogP contribution in [0.3, 0.4) is 0 Å². The maximum atomic E-state index is 5.65. The predicted molar refractivity (Wildman–Crippen MR) is 55.1 cm³/mol. The SMILES string of the molecule is CCc1cc2c(s1)CCO[C@@H]2CN. The van der Waals surface area contributed by atoms with Gasteiger partial charge in [-0.25, -0.2) is 0 Å². The maximum Gasteiger partial charge on any atom is 0.0958 e. The zero-order valence-corrected chi connectivity index (χ0v) is 8.69. The number of hydrogen-bond acceptors (Lipinski definition) is 3. The van der Waals surface area contributed by atoms with Crippen LogP contribution >= 0.6 is 11.3 Å². The van der Waals surface area contributed by atoms with Gasteiger partial charge in [-0.3, -0.25) is 0 Å². The summed E-state index contributed by atoms with van der Waals surface area (Å²) in [4.78, 5) is 2.94. The van der Waals surface area contributed by atoms with E-state index in [2.05, 4.69) is 13.0 Å². The molecule has 2 N–H and O–H groups in total. The third kappa shape index (κ3) is 1.64. The van der Waals surface area contributed by atoms with Crippen LogP contribution in [0.1, 0.15) is 28.3 Å². The first-order valence-electron chi connectivity index (χ1n) is 4.78. The van der Waals surface area contributed by atoms with Gasteiger partial charge >= 0.3 is 0 Å². The number of rotatable bonds is 2. The average molecular weight is 197 g/mol. The van der Waals surface area contributed by atoms with Crippen LogP contribution in [0.25, 0.3) is 0 Å². The van der Waals surface area contributed by atoms with E-state index in [1.54, 1.807) is 0 Å². The molecule has 0 saturated heterocycles. The highest BCUT2D eigenvalue weighted by Crippen LogP contribution is 2.33. The first-order valence-corrected chi connectivity index (χ1v) is 5.60. The van der Waals surface area contributed by atoms with Crippen molar-refractivity contribution in [2.45, 2.75) is 25.9 Å². The molecular weight excluding hydrogens is 182 g/mol. The van der Waals surface area contributed by atoms with Crippen molar-refractivity contribution in [1.82, 2.24) is 0 Å². The molecule has 13 heavy (non-hydrogen) atoms. The van der Waals surface area contributed by atoms with Crippen LogP contribution in [0.5, 0.6) is 0 Å². The highest BCUT2D eigenvalue weighted by atomic mass is 32.1. The Bertz CT molecular complexity index is 295. The molecule has 0 unspecified atom stereocenters. The van der Waals surface area contributed by atoms with Gasteiger partial charge in [-0.2, -0.15) is 0 Å². The van der Waals surface area contributed by atoms with E-state index in [0.29, 0.717) is 6.54 Å². The van der Waals surface area contributed by atoms with Gasteiger partial charge in [-0.1, -0.05) is 6.92 Å². The molecular formula is C10H15NOS. The molecule has 3 heteroatoms. The summed E-state index contributed by atoms with van der Waals surface area (Å²) < 4.78 is 5.59. The Balaban J connectivity index is 2.32. The summed E-state index contributed by atoms with van der Waals surface area (Å²) in [5.41, 5.74) is 6.99. The minimum absolute atomic E-state index is 0.153. The Morgan fingerprint density at radius 3 is 3.23 bits per heavy atom. The van der Waals surface area contributed by atoms with Crippen molar-refractivity contribution >= 4 is 11.3 Å². The molecule has 72 valence electrons. The fraction of sp³-hybridized carbons (Fsp3) is 0.600. The van der Waals surface area contributed by atoms with E-state index in [9.17, 15) is 0 Å². The summed E-state index contributed by atoms with van der Waals surface area (Å²) in [5.74, 6) is 0. The Morgan fingerprint density at radius 1 is 1.69 bits per heavy atom. The van der Waals surface area contributed by atoms with Gasteiger partial charge in [0, 0.05) is 22.7 Å². The molecule has 0 fully saturated rings. The summed E-state index contributed by atoms with van der Waals surface area (Å²) >= 11 is 1.92. The summed E-state index contributed by atoms with van der Waals surface area (Å²) in [6.45, 7) is 3.63. The average Bonchev–Trinajstić information content (AvgIpc) is 2.59. The fourth-order valence-corrected chi connectivity index (χ4v) is 2.86. The standard InChI is InChI=1S/C10H15NOS/c1-2-7-5-8-9(6-11)12-4-3-10(8)13-7/h5,9H,2-4,6,11H2,1H3/t9-/m1/s1. The van der Waals surface area contributed by atoms with Crippen molar-refractivity contribution in [2.75, 3.05) is 13.2 Å². The second kappa shape index (κ2) is 3.78. The Labute approximate surface area is 82.7 Å². The van der Waals surface area contributed by atoms with Crippen molar-refractivity contribution in [3.05, 3.63) is 21.4 Å². The Kier molecular flexibility index (Phi) is 2.67. The lowest BCUT2D eigenvalue weighted by molar-refractivity contribution is 0.0498. The molecule has 0 spiro atoms. The summed E-state index contributed by atoms with van der Waals surface area (Å²) in [6.07, 6.45) is 2.34. The lowest BCUT2D eigenvalue weighted by Crippen LogP contribution is -2.21. The van der Waals surface area contributed by atoms with Crippen molar-refractivity contribution in [3.63, 3.8) is 0 Å². The van der Waals surface area contributed by atoms with E-state index in [1.165, 1.54) is 15.3 Å². The van der Waals surface area contributed by atoms with Crippen LogP contribution in [0.4, 0.5) is 0 Å². The molecule has 1 aliphatic heterocycles. The van der Waals surface area contributed by atoms with Crippen LogP contribution in [0.15, 0.2) is 6.07 Å². The topological polar surface area (TPSA) is 35.2 Å². The molecule has 1 atom stereocenters. The van der Waals surface area contributed by atoms with E-state index >= 15 is 0 Å². The van der Waals surface area contributed by atoms with Crippen molar-refractivity contribution < 1.29 is 4.74 Å². The van der Waals surface area contributed by atoms with Gasteiger partial charge in [0.25, 0.3) is 0 Å². The summed E-state index contributed by atoms with van der Waals surface area (Å²) in [6, 6.07) is 2.26. The molecule has 0 saturated carbocycles. The van der Waals surface area contributed by atoms with E-state index in [1.807, 2.05) is 11.3 Å². The second-order valence-corrected chi connectivity index (χ2v) is 4.51. The number of thiophene rings is 1. The molecule has 0 radical (unpaired) electrons. The molecule has 0 bridgehead atoms. The molecule has 2 heterocycles. The molecule has 2 rings (SSSR count). The number of fused-ring (bicyclic) bond motifs is 1. The van der Waals surface area contributed by atoms with Gasteiger partial charge in [0.2, 0.25) is 0 Å². The van der Waals surface area contributed by atoms with E-state index in [4.69, 9.17) is 10.5 Å². The summed E-state index contributed by atoms with van der Waals surface area (Å²) in [7, 11) is 0. The molecule has 0 amide bonds. The van der Waals surface area contributed by atoms with Crippen LogP contribution in [0.2, 0.25) is 0 Å². The third-order valence-electron chi connectivity index (χ3n) is 2.45. The van der Waals surface area contributed by atoms with Crippen molar-refractivity contribution in [3.8, 4) is 0 Å². The normalized spacial score (nSPS) is 21.5. The van der Waals surface area contributed by atoms with Gasteiger partial charge in [0.05, 0.1) is 12.7 Å². The van der Waals surface area contributed by atoms with Gasteiger partial charge < -0.3 is 10.5 Å².